The van der Waals surface area contributed by atoms with Gasteiger partial charge < -0.3 is 14.5 Å². The standard InChI is InChI=1S/C16H19N3O3/c1-21-15-5-4-12(9-17-15)10-19-7-6-13(11-19)18-16(20)14-3-2-8-22-14/h2-5,8-9,13H,6-7,10-11H2,1H3,(H,18,20)/t13-/m1/s1. The maximum absolute atomic E-state index is 12.0. The van der Waals surface area contributed by atoms with Gasteiger partial charge in [0.15, 0.2) is 5.76 Å². The van der Waals surface area contributed by atoms with Gasteiger partial charge in [0.25, 0.3) is 5.91 Å². The van der Waals surface area contributed by atoms with Crippen LogP contribution < -0.4 is 10.1 Å². The summed E-state index contributed by atoms with van der Waals surface area (Å²) < 4.78 is 10.2. The Balaban J connectivity index is 1.50. The average molecular weight is 301 g/mol. The van der Waals surface area contributed by atoms with Gasteiger partial charge in [0, 0.05) is 37.9 Å². The molecule has 1 amide bonds. The van der Waals surface area contributed by atoms with Crippen LogP contribution in [0.15, 0.2) is 41.1 Å². The van der Waals surface area contributed by atoms with Crippen LogP contribution >= 0.6 is 0 Å². The van der Waals surface area contributed by atoms with Crippen molar-refractivity contribution in [3.63, 3.8) is 0 Å². The van der Waals surface area contributed by atoms with E-state index < -0.39 is 0 Å². The van der Waals surface area contributed by atoms with Gasteiger partial charge in [0.2, 0.25) is 5.88 Å². The highest BCUT2D eigenvalue weighted by Gasteiger charge is 2.24. The monoisotopic (exact) mass is 301 g/mol. The molecule has 0 bridgehead atoms. The normalized spacial score (nSPS) is 18.3. The zero-order chi connectivity index (χ0) is 15.4. The summed E-state index contributed by atoms with van der Waals surface area (Å²) in [5.74, 6) is 0.828. The van der Waals surface area contributed by atoms with E-state index in [1.54, 1.807) is 19.2 Å². The third kappa shape index (κ3) is 3.46. The van der Waals surface area contributed by atoms with Gasteiger partial charge in [-0.05, 0) is 24.1 Å². The Morgan fingerprint density at radius 1 is 1.50 bits per heavy atom. The van der Waals surface area contributed by atoms with E-state index >= 15 is 0 Å². The van der Waals surface area contributed by atoms with E-state index in [0.29, 0.717) is 11.6 Å². The molecule has 6 nitrogen and oxygen atoms in total. The summed E-state index contributed by atoms with van der Waals surface area (Å²) in [7, 11) is 1.61. The van der Waals surface area contributed by atoms with Crippen LogP contribution in [0.1, 0.15) is 22.5 Å². The Hall–Kier alpha value is -2.34. The first-order valence-corrected chi connectivity index (χ1v) is 7.30. The molecule has 1 aliphatic rings. The SMILES string of the molecule is COc1ccc(CN2CC[C@@H](NC(=O)c3ccco3)C2)cn1. The van der Waals surface area contributed by atoms with Crippen LogP contribution in [0.25, 0.3) is 0 Å². The fourth-order valence-corrected chi connectivity index (χ4v) is 2.64. The second-order valence-corrected chi connectivity index (χ2v) is 5.38. The fraction of sp³-hybridized carbons (Fsp3) is 0.375. The molecule has 1 fully saturated rings. The number of aromatic nitrogens is 1. The zero-order valence-corrected chi connectivity index (χ0v) is 12.5. The molecule has 0 aliphatic carbocycles. The highest BCUT2D eigenvalue weighted by molar-refractivity contribution is 5.91. The third-order valence-electron chi connectivity index (χ3n) is 3.77. The molecule has 2 aromatic rings. The predicted octanol–water partition coefficient (Wildman–Crippen LogP) is 1.69. The molecule has 22 heavy (non-hydrogen) atoms. The molecule has 1 saturated heterocycles. The molecule has 0 saturated carbocycles. The maximum atomic E-state index is 12.0. The first-order chi connectivity index (χ1) is 10.7. The topological polar surface area (TPSA) is 67.6 Å². The van der Waals surface area contributed by atoms with Crippen LogP contribution in [0.4, 0.5) is 0 Å². The molecule has 3 heterocycles. The molecule has 6 heteroatoms. The van der Waals surface area contributed by atoms with E-state index in [4.69, 9.17) is 9.15 Å². The van der Waals surface area contributed by atoms with Gasteiger partial charge in [0.05, 0.1) is 13.4 Å². The van der Waals surface area contributed by atoms with Crippen molar-refractivity contribution in [2.75, 3.05) is 20.2 Å². The molecule has 2 aromatic heterocycles. The highest BCUT2D eigenvalue weighted by Crippen LogP contribution is 2.15. The Kier molecular flexibility index (Phi) is 4.39. The summed E-state index contributed by atoms with van der Waals surface area (Å²) in [6.07, 6.45) is 4.27. The molecule has 1 N–H and O–H groups in total. The first-order valence-electron chi connectivity index (χ1n) is 7.30. The van der Waals surface area contributed by atoms with Gasteiger partial charge >= 0.3 is 0 Å². The van der Waals surface area contributed by atoms with Gasteiger partial charge in [-0.2, -0.15) is 0 Å². The van der Waals surface area contributed by atoms with Crippen molar-refractivity contribution < 1.29 is 13.9 Å². The molecule has 1 atom stereocenters. The minimum atomic E-state index is -0.150. The number of pyridine rings is 1. The quantitative estimate of drug-likeness (QED) is 0.910. The molecule has 0 spiro atoms. The minimum Gasteiger partial charge on any atom is -0.481 e. The lowest BCUT2D eigenvalue weighted by Gasteiger charge is -2.16. The van der Waals surface area contributed by atoms with Gasteiger partial charge in [-0.1, -0.05) is 6.07 Å². The third-order valence-corrected chi connectivity index (χ3v) is 3.77. The lowest BCUT2D eigenvalue weighted by Crippen LogP contribution is -2.36. The van der Waals surface area contributed by atoms with Gasteiger partial charge in [0.1, 0.15) is 0 Å². The minimum absolute atomic E-state index is 0.150. The van der Waals surface area contributed by atoms with Crippen molar-refractivity contribution in [1.29, 1.82) is 0 Å². The van der Waals surface area contributed by atoms with Crippen molar-refractivity contribution in [2.45, 2.75) is 19.0 Å². The molecule has 3 rings (SSSR count). The maximum Gasteiger partial charge on any atom is 0.287 e. The van der Waals surface area contributed by atoms with Gasteiger partial charge in [-0.25, -0.2) is 4.98 Å². The predicted molar refractivity (Wildman–Crippen MR) is 80.6 cm³/mol. The molecular formula is C16H19N3O3. The number of hydrogen-bond acceptors (Lipinski definition) is 5. The van der Waals surface area contributed by atoms with E-state index in [2.05, 4.69) is 15.2 Å². The van der Waals surface area contributed by atoms with Crippen molar-refractivity contribution >= 4 is 5.91 Å². The number of amides is 1. The Morgan fingerprint density at radius 3 is 3.09 bits per heavy atom. The zero-order valence-electron chi connectivity index (χ0n) is 12.5. The van der Waals surface area contributed by atoms with Crippen LogP contribution in [0.2, 0.25) is 0 Å². The summed E-state index contributed by atoms with van der Waals surface area (Å²) >= 11 is 0. The van der Waals surface area contributed by atoms with Gasteiger partial charge in [-0.3, -0.25) is 9.69 Å². The van der Waals surface area contributed by atoms with Crippen molar-refractivity contribution in [3.05, 3.63) is 48.0 Å². The second-order valence-electron chi connectivity index (χ2n) is 5.38. The summed E-state index contributed by atoms with van der Waals surface area (Å²) in [5, 5.41) is 3.01. The van der Waals surface area contributed by atoms with Crippen molar-refractivity contribution in [2.24, 2.45) is 0 Å². The van der Waals surface area contributed by atoms with Crippen LogP contribution in [0.5, 0.6) is 5.88 Å². The number of furan rings is 1. The number of nitrogens with zero attached hydrogens (tertiary/aromatic N) is 2. The number of carbonyl (C=O) groups is 1. The molecule has 0 aromatic carbocycles. The second kappa shape index (κ2) is 6.62. The number of carbonyl (C=O) groups excluding carboxylic acids is 1. The lowest BCUT2D eigenvalue weighted by molar-refractivity contribution is 0.0909. The molecule has 0 radical (unpaired) electrons. The number of hydrogen-bond donors (Lipinski definition) is 1. The average Bonchev–Trinajstić information content (AvgIpc) is 3.20. The fourth-order valence-electron chi connectivity index (χ4n) is 2.64. The van der Waals surface area contributed by atoms with Gasteiger partial charge in [-0.15, -0.1) is 0 Å². The molecule has 116 valence electrons. The summed E-state index contributed by atoms with van der Waals surface area (Å²) in [6, 6.07) is 7.42. The van der Waals surface area contributed by atoms with Crippen LogP contribution in [0, 0.1) is 0 Å². The number of ether oxygens (including phenoxy) is 1. The van der Waals surface area contributed by atoms with Crippen molar-refractivity contribution in [3.8, 4) is 5.88 Å². The summed E-state index contributed by atoms with van der Waals surface area (Å²) in [6.45, 7) is 2.61. The van der Waals surface area contributed by atoms with E-state index in [-0.39, 0.29) is 11.9 Å². The lowest BCUT2D eigenvalue weighted by atomic mass is 10.2. The van der Waals surface area contributed by atoms with E-state index in [9.17, 15) is 4.79 Å². The van der Waals surface area contributed by atoms with E-state index in [1.165, 1.54) is 6.26 Å². The Labute approximate surface area is 129 Å². The number of rotatable bonds is 5. The van der Waals surface area contributed by atoms with Crippen LogP contribution in [-0.4, -0.2) is 42.0 Å². The van der Waals surface area contributed by atoms with E-state index in [0.717, 1.165) is 31.6 Å². The van der Waals surface area contributed by atoms with Crippen LogP contribution in [0.3, 0.4) is 0 Å². The number of nitrogens with one attached hydrogen (secondary N) is 1. The highest BCUT2D eigenvalue weighted by atomic mass is 16.5. The van der Waals surface area contributed by atoms with Crippen molar-refractivity contribution in [1.82, 2.24) is 15.2 Å². The smallest absolute Gasteiger partial charge is 0.287 e. The Morgan fingerprint density at radius 2 is 2.41 bits per heavy atom. The summed E-state index contributed by atoms with van der Waals surface area (Å²) in [5.41, 5.74) is 1.14. The number of methoxy groups -OCH3 is 1. The Bertz CT molecular complexity index is 610. The van der Waals surface area contributed by atoms with Crippen LogP contribution in [-0.2, 0) is 6.54 Å². The molecule has 1 aliphatic heterocycles. The molecule has 0 unspecified atom stereocenters. The van der Waals surface area contributed by atoms with E-state index in [1.807, 2.05) is 18.3 Å². The number of likely N-dealkylation sites (tertiary alicyclic amines) is 1. The molecular weight excluding hydrogens is 282 g/mol. The largest absolute Gasteiger partial charge is 0.481 e. The first kappa shape index (κ1) is 14.6. The summed E-state index contributed by atoms with van der Waals surface area (Å²) in [4.78, 5) is 18.5.